The van der Waals surface area contributed by atoms with Crippen LogP contribution in [0.25, 0.3) is 10.9 Å². The molecule has 0 aliphatic carbocycles. The van der Waals surface area contributed by atoms with Gasteiger partial charge in [-0.25, -0.2) is 4.57 Å². The molecule has 5 aromatic rings. The normalized spacial score (nSPS) is 10.7. The molecule has 2 aromatic heterocycles. The van der Waals surface area contributed by atoms with E-state index in [0.29, 0.717) is 5.56 Å². The highest BCUT2D eigenvalue weighted by Crippen LogP contribution is 2.29. The van der Waals surface area contributed by atoms with Crippen LogP contribution in [0.1, 0.15) is 10.4 Å². The molecule has 2 heterocycles. The van der Waals surface area contributed by atoms with Gasteiger partial charge in [0.1, 0.15) is 7.05 Å². The quantitative estimate of drug-likeness (QED) is 0.250. The molecule has 3 aromatic carbocycles. The number of nitrogens with one attached hydrogen (secondary N) is 3. The van der Waals surface area contributed by atoms with Gasteiger partial charge in [-0.15, -0.1) is 0 Å². The number of carbonyl (C=O) groups excluding carboxylic acids is 1. The van der Waals surface area contributed by atoms with E-state index in [4.69, 9.17) is 0 Å². The van der Waals surface area contributed by atoms with Crippen LogP contribution in [-0.2, 0) is 7.05 Å². The Bertz CT molecular complexity index is 1550. The first-order valence-electron chi connectivity index (χ1n) is 12.0. The number of fused-ring (bicyclic) bond motifs is 1. The van der Waals surface area contributed by atoms with E-state index in [1.165, 1.54) is 0 Å². The van der Waals surface area contributed by atoms with E-state index in [9.17, 15) is 4.79 Å². The first kappa shape index (κ1) is 23.8. The smallest absolute Gasteiger partial charge is 0.255 e. The second-order valence-corrected chi connectivity index (χ2v) is 9.07. The molecule has 0 atom stereocenters. The fourth-order valence-electron chi connectivity index (χ4n) is 4.01. The van der Waals surface area contributed by atoms with E-state index in [2.05, 4.69) is 38.0 Å². The van der Waals surface area contributed by atoms with E-state index in [-0.39, 0.29) is 5.91 Å². The maximum atomic E-state index is 12.9. The molecule has 0 saturated carbocycles. The summed E-state index contributed by atoms with van der Waals surface area (Å²) in [5, 5.41) is 10.8. The predicted octanol–water partition coefficient (Wildman–Crippen LogP) is 5.86. The Hall–Kier alpha value is -4.91. The maximum absolute atomic E-state index is 12.9. The van der Waals surface area contributed by atoms with Gasteiger partial charge in [-0.1, -0.05) is 6.07 Å². The molecule has 7 heteroatoms. The zero-order valence-corrected chi connectivity index (χ0v) is 21.1. The number of amides is 1. The Labute approximate surface area is 216 Å². The highest BCUT2D eigenvalue weighted by molar-refractivity contribution is 6.05. The third-order valence-corrected chi connectivity index (χ3v) is 6.06. The molecule has 0 aliphatic heterocycles. The third kappa shape index (κ3) is 5.67. The minimum atomic E-state index is -0.167. The summed E-state index contributed by atoms with van der Waals surface area (Å²) in [6.07, 6.45) is 5.74. The summed E-state index contributed by atoms with van der Waals surface area (Å²) in [6.45, 7) is 0. The second-order valence-electron chi connectivity index (χ2n) is 9.07. The van der Waals surface area contributed by atoms with Gasteiger partial charge in [0.05, 0.1) is 11.2 Å². The van der Waals surface area contributed by atoms with Crippen LogP contribution >= 0.6 is 0 Å². The van der Waals surface area contributed by atoms with Gasteiger partial charge in [0.15, 0.2) is 12.4 Å². The standard InChI is InChI=1S/C30H28N6O/c1-35(2)26-11-12-28-27(20-26)29(13-16-31-28)33-22-7-9-23(10-8-22)34-30(37)21-5-4-6-25(19-21)32-24-14-17-36(3)18-15-24/h4-20H,1-3H3,(H2,31,33,34,37)/p+1. The SMILES string of the molecule is CN(C)c1ccc2nccc(Nc3ccc(NC(=O)c4cccc(Nc5cc[n+](C)cc5)c4)cc3)c2c1. The molecular weight excluding hydrogens is 460 g/mol. The van der Waals surface area contributed by atoms with Gasteiger partial charge < -0.3 is 20.9 Å². The number of aryl methyl sites for hydroxylation is 1. The molecule has 0 fully saturated rings. The van der Waals surface area contributed by atoms with Crippen LogP contribution in [0.15, 0.2) is 104 Å². The molecule has 3 N–H and O–H groups in total. The van der Waals surface area contributed by atoms with Gasteiger partial charge >= 0.3 is 0 Å². The first-order chi connectivity index (χ1) is 17.9. The number of anilines is 6. The highest BCUT2D eigenvalue weighted by atomic mass is 16.1. The van der Waals surface area contributed by atoms with Gasteiger partial charge in [-0.05, 0) is 66.7 Å². The topological polar surface area (TPSA) is 73.2 Å². The van der Waals surface area contributed by atoms with Crippen molar-refractivity contribution in [3.63, 3.8) is 0 Å². The largest absolute Gasteiger partial charge is 0.378 e. The molecule has 0 radical (unpaired) electrons. The minimum Gasteiger partial charge on any atom is -0.378 e. The number of rotatable bonds is 7. The van der Waals surface area contributed by atoms with E-state index in [0.717, 1.165) is 45.0 Å². The Morgan fingerprint density at radius 3 is 2.27 bits per heavy atom. The van der Waals surface area contributed by atoms with E-state index in [1.807, 2.05) is 105 Å². The third-order valence-electron chi connectivity index (χ3n) is 6.06. The summed E-state index contributed by atoms with van der Waals surface area (Å²) in [7, 11) is 6.01. The Morgan fingerprint density at radius 2 is 1.51 bits per heavy atom. The van der Waals surface area contributed by atoms with Crippen LogP contribution in [0.5, 0.6) is 0 Å². The van der Waals surface area contributed by atoms with Crippen LogP contribution in [0, 0.1) is 0 Å². The van der Waals surface area contributed by atoms with Crippen LogP contribution in [0.3, 0.4) is 0 Å². The van der Waals surface area contributed by atoms with Crippen molar-refractivity contribution < 1.29 is 9.36 Å². The lowest BCUT2D eigenvalue weighted by Crippen LogP contribution is -2.25. The summed E-state index contributed by atoms with van der Waals surface area (Å²) in [6, 6.07) is 27.3. The average molecular weight is 490 g/mol. The molecule has 7 nitrogen and oxygen atoms in total. The van der Waals surface area contributed by atoms with Crippen molar-refractivity contribution in [3.8, 4) is 0 Å². The fraction of sp³-hybridized carbons (Fsp3) is 0.100. The number of benzene rings is 3. The van der Waals surface area contributed by atoms with Crippen LogP contribution in [0.4, 0.5) is 34.1 Å². The average Bonchev–Trinajstić information content (AvgIpc) is 2.91. The molecule has 5 rings (SSSR count). The van der Waals surface area contributed by atoms with Gasteiger partial charge in [0.2, 0.25) is 0 Å². The van der Waals surface area contributed by atoms with Crippen molar-refractivity contribution in [1.29, 1.82) is 0 Å². The van der Waals surface area contributed by atoms with Gasteiger partial charge in [0.25, 0.3) is 5.91 Å². The lowest BCUT2D eigenvalue weighted by molar-refractivity contribution is -0.671. The van der Waals surface area contributed by atoms with Crippen LogP contribution in [0.2, 0.25) is 0 Å². The zero-order chi connectivity index (χ0) is 25.8. The van der Waals surface area contributed by atoms with E-state index < -0.39 is 0 Å². The predicted molar refractivity (Wildman–Crippen MR) is 151 cm³/mol. The number of hydrogen-bond acceptors (Lipinski definition) is 5. The van der Waals surface area contributed by atoms with E-state index >= 15 is 0 Å². The minimum absolute atomic E-state index is 0.167. The molecule has 184 valence electrons. The monoisotopic (exact) mass is 489 g/mol. The van der Waals surface area contributed by atoms with Crippen LogP contribution in [-0.4, -0.2) is 25.0 Å². The van der Waals surface area contributed by atoms with Crippen molar-refractivity contribution in [2.24, 2.45) is 7.05 Å². The van der Waals surface area contributed by atoms with Crippen molar-refractivity contribution >= 4 is 50.9 Å². The Balaban J connectivity index is 1.27. The molecule has 0 saturated heterocycles. The molecule has 0 unspecified atom stereocenters. The Morgan fingerprint density at radius 1 is 0.784 bits per heavy atom. The van der Waals surface area contributed by atoms with Crippen molar-refractivity contribution in [1.82, 2.24) is 4.98 Å². The zero-order valence-electron chi connectivity index (χ0n) is 21.1. The van der Waals surface area contributed by atoms with Crippen LogP contribution < -0.4 is 25.4 Å². The number of aromatic nitrogens is 2. The van der Waals surface area contributed by atoms with Crippen molar-refractivity contribution in [2.45, 2.75) is 0 Å². The van der Waals surface area contributed by atoms with Gasteiger partial charge in [-0.3, -0.25) is 9.78 Å². The Kier molecular flexibility index (Phi) is 6.68. The second kappa shape index (κ2) is 10.4. The molecule has 37 heavy (non-hydrogen) atoms. The lowest BCUT2D eigenvalue weighted by Gasteiger charge is -2.15. The number of nitrogens with zero attached hydrogens (tertiary/aromatic N) is 3. The molecular formula is C30H29N6O+. The van der Waals surface area contributed by atoms with Crippen molar-refractivity contribution in [2.75, 3.05) is 34.9 Å². The van der Waals surface area contributed by atoms with Gasteiger partial charge in [0, 0.05) is 71.8 Å². The van der Waals surface area contributed by atoms with Gasteiger partial charge in [-0.2, -0.15) is 0 Å². The molecule has 0 bridgehead atoms. The summed E-state index contributed by atoms with van der Waals surface area (Å²) in [4.78, 5) is 19.5. The maximum Gasteiger partial charge on any atom is 0.255 e. The van der Waals surface area contributed by atoms with Crippen molar-refractivity contribution in [3.05, 3.63) is 109 Å². The summed E-state index contributed by atoms with van der Waals surface area (Å²) < 4.78 is 1.97. The molecule has 0 aliphatic rings. The summed E-state index contributed by atoms with van der Waals surface area (Å²) >= 11 is 0. The molecule has 0 spiro atoms. The lowest BCUT2D eigenvalue weighted by atomic mass is 10.1. The summed E-state index contributed by atoms with van der Waals surface area (Å²) in [5.41, 5.74) is 7.04. The fourth-order valence-corrected chi connectivity index (χ4v) is 4.01. The summed E-state index contributed by atoms with van der Waals surface area (Å²) in [5.74, 6) is -0.167. The number of pyridine rings is 2. The highest BCUT2D eigenvalue weighted by Gasteiger charge is 2.09. The number of hydrogen-bond donors (Lipinski definition) is 3. The molecule has 1 amide bonds. The van der Waals surface area contributed by atoms with E-state index in [1.54, 1.807) is 12.3 Å². The first-order valence-corrected chi connectivity index (χ1v) is 12.0. The number of carbonyl (C=O) groups is 1.